The van der Waals surface area contributed by atoms with Crippen molar-refractivity contribution in [3.05, 3.63) is 0 Å². The van der Waals surface area contributed by atoms with E-state index in [0.717, 1.165) is 25.7 Å². The van der Waals surface area contributed by atoms with Crippen LogP contribution in [0.3, 0.4) is 0 Å². The second-order valence-electron chi connectivity index (χ2n) is 13.1. The molecular formula is C37H72N2O5. The first kappa shape index (κ1) is 42.4. The van der Waals surface area contributed by atoms with Gasteiger partial charge in [-0.3, -0.25) is 14.4 Å². The molecule has 7 heteroatoms. The van der Waals surface area contributed by atoms with Gasteiger partial charge in [-0.15, -0.1) is 0 Å². The number of ether oxygens (including phenoxy) is 1. The Morgan fingerprint density at radius 2 is 1.00 bits per heavy atom. The van der Waals surface area contributed by atoms with Crippen LogP contribution in [0.15, 0.2) is 0 Å². The smallest absolute Gasteiger partial charge is 0.320 e. The topological polar surface area (TPSA) is 119 Å². The summed E-state index contributed by atoms with van der Waals surface area (Å²) in [5.41, 5.74) is 5.54. The maximum absolute atomic E-state index is 12.6. The summed E-state index contributed by atoms with van der Waals surface area (Å²) in [6, 6.07) is -0.910. The summed E-state index contributed by atoms with van der Waals surface area (Å²) >= 11 is 0. The molecule has 0 spiro atoms. The lowest BCUT2D eigenvalue weighted by atomic mass is 10.0. The summed E-state index contributed by atoms with van der Waals surface area (Å²) in [5, 5.41) is 11.7. The molecule has 0 fully saturated rings. The van der Waals surface area contributed by atoms with E-state index in [1.165, 1.54) is 128 Å². The maximum atomic E-state index is 12.6. The van der Waals surface area contributed by atoms with Crippen LogP contribution in [0.4, 0.5) is 0 Å². The summed E-state index contributed by atoms with van der Waals surface area (Å²) in [6.45, 7) is 4.88. The van der Waals surface area contributed by atoms with E-state index in [-0.39, 0.29) is 18.3 Å². The fourth-order valence-corrected chi connectivity index (χ4v) is 5.72. The molecule has 0 aromatic heterocycles. The van der Waals surface area contributed by atoms with Gasteiger partial charge >= 0.3 is 11.9 Å². The highest BCUT2D eigenvalue weighted by Crippen LogP contribution is 2.17. The van der Waals surface area contributed by atoms with Gasteiger partial charge in [0.25, 0.3) is 0 Å². The monoisotopic (exact) mass is 625 g/mol. The molecule has 0 aliphatic heterocycles. The predicted octanol–water partition coefficient (Wildman–Crippen LogP) is 9.78. The van der Waals surface area contributed by atoms with E-state index in [1.54, 1.807) is 0 Å². The number of esters is 1. The highest BCUT2D eigenvalue weighted by Gasteiger charge is 2.18. The van der Waals surface area contributed by atoms with E-state index in [2.05, 4.69) is 19.2 Å². The number of nitrogens with one attached hydrogen (secondary N) is 1. The Morgan fingerprint density at radius 3 is 1.43 bits per heavy atom. The van der Waals surface area contributed by atoms with Crippen molar-refractivity contribution in [1.29, 1.82) is 0 Å². The number of carboxylic acids is 1. The van der Waals surface area contributed by atoms with Gasteiger partial charge in [0.2, 0.25) is 5.91 Å². The predicted molar refractivity (Wildman–Crippen MR) is 184 cm³/mol. The molecule has 260 valence electrons. The fourth-order valence-electron chi connectivity index (χ4n) is 5.72. The lowest BCUT2D eigenvalue weighted by molar-refractivity contribution is -0.151. The molecule has 2 atom stereocenters. The second-order valence-corrected chi connectivity index (χ2v) is 13.1. The molecule has 0 heterocycles. The highest BCUT2D eigenvalue weighted by atomic mass is 16.5. The quantitative estimate of drug-likeness (QED) is 0.0484. The summed E-state index contributed by atoms with van der Waals surface area (Å²) in [4.78, 5) is 36.0. The number of unbranched alkanes of at least 4 members (excludes halogenated alkanes) is 22. The largest absolute Gasteiger partial charge is 0.480 e. The number of aliphatic carboxylic acids is 1. The first-order chi connectivity index (χ1) is 21.4. The minimum atomic E-state index is -1.03. The molecule has 0 aromatic carbocycles. The molecule has 0 rings (SSSR count). The summed E-state index contributed by atoms with van der Waals surface area (Å²) in [6.07, 6.45) is 32.0. The van der Waals surface area contributed by atoms with Crippen molar-refractivity contribution < 1.29 is 24.2 Å². The number of nitrogens with two attached hydrogens (primary N) is 1. The van der Waals surface area contributed by atoms with Crippen molar-refractivity contribution in [2.75, 3.05) is 6.54 Å². The lowest BCUT2D eigenvalue weighted by Crippen LogP contribution is -2.33. The molecule has 1 amide bonds. The SMILES string of the molecule is CCCCCCCCCCCCCCCC(=O)OC(CCCCCCCCCCCCC)CC(=O)NCCCC(N)C(=O)O. The number of rotatable bonds is 34. The molecule has 0 bridgehead atoms. The molecule has 2 unspecified atom stereocenters. The third kappa shape index (κ3) is 30.4. The molecule has 4 N–H and O–H groups in total. The van der Waals surface area contributed by atoms with E-state index in [1.807, 2.05) is 0 Å². The molecule has 0 saturated heterocycles. The van der Waals surface area contributed by atoms with Crippen LogP contribution in [0.25, 0.3) is 0 Å². The van der Waals surface area contributed by atoms with Gasteiger partial charge in [-0.2, -0.15) is 0 Å². The van der Waals surface area contributed by atoms with Crippen molar-refractivity contribution in [3.8, 4) is 0 Å². The fraction of sp³-hybridized carbons (Fsp3) is 0.919. The van der Waals surface area contributed by atoms with Gasteiger partial charge < -0.3 is 20.9 Å². The number of carbonyl (C=O) groups is 3. The van der Waals surface area contributed by atoms with E-state index in [9.17, 15) is 14.4 Å². The van der Waals surface area contributed by atoms with Crippen molar-refractivity contribution in [1.82, 2.24) is 5.32 Å². The molecule has 0 saturated carbocycles. The Balaban J connectivity index is 4.21. The number of amides is 1. The number of hydrogen-bond acceptors (Lipinski definition) is 5. The summed E-state index contributed by atoms with van der Waals surface area (Å²) in [7, 11) is 0. The van der Waals surface area contributed by atoms with Crippen LogP contribution in [-0.2, 0) is 19.1 Å². The second kappa shape index (κ2) is 32.8. The lowest BCUT2D eigenvalue weighted by Gasteiger charge is -2.18. The standard InChI is InChI=1S/C37H72N2O5/c1-3-5-7-9-11-13-15-16-18-20-22-24-26-30-36(41)44-33(32-35(40)39-31-27-29-34(38)37(42)43)28-25-23-21-19-17-14-12-10-8-6-4-2/h33-34H,3-32,38H2,1-2H3,(H,39,40)(H,42,43). The average Bonchev–Trinajstić information content (AvgIpc) is 3.00. The van der Waals surface area contributed by atoms with E-state index in [0.29, 0.717) is 32.2 Å². The molecular weight excluding hydrogens is 552 g/mol. The highest BCUT2D eigenvalue weighted by molar-refractivity contribution is 5.77. The number of hydrogen-bond donors (Lipinski definition) is 3. The van der Waals surface area contributed by atoms with Gasteiger partial charge in [-0.05, 0) is 32.1 Å². The van der Waals surface area contributed by atoms with Crippen LogP contribution in [-0.4, -0.2) is 41.6 Å². The number of carbonyl (C=O) groups excluding carboxylic acids is 2. The van der Waals surface area contributed by atoms with Gasteiger partial charge in [0.1, 0.15) is 12.1 Å². The van der Waals surface area contributed by atoms with Crippen molar-refractivity contribution in [2.45, 2.75) is 212 Å². The summed E-state index contributed by atoms with van der Waals surface area (Å²) in [5.74, 6) is -1.38. The van der Waals surface area contributed by atoms with Gasteiger partial charge in [-0.1, -0.05) is 155 Å². The van der Waals surface area contributed by atoms with E-state index >= 15 is 0 Å². The van der Waals surface area contributed by atoms with Gasteiger partial charge in [-0.25, -0.2) is 0 Å². The minimum absolute atomic E-state index is 0.157. The van der Waals surface area contributed by atoms with Crippen LogP contribution in [0.5, 0.6) is 0 Å². The minimum Gasteiger partial charge on any atom is -0.480 e. The Labute approximate surface area is 271 Å². The molecule has 0 aromatic rings. The molecule has 0 aliphatic carbocycles. The van der Waals surface area contributed by atoms with E-state index in [4.69, 9.17) is 15.6 Å². The molecule has 44 heavy (non-hydrogen) atoms. The Bertz CT molecular complexity index is 672. The van der Waals surface area contributed by atoms with Crippen LogP contribution < -0.4 is 11.1 Å². The van der Waals surface area contributed by atoms with Crippen molar-refractivity contribution in [3.63, 3.8) is 0 Å². The number of carboxylic acid groups (broad SMARTS) is 1. The van der Waals surface area contributed by atoms with Gasteiger partial charge in [0.05, 0.1) is 6.42 Å². The third-order valence-corrected chi connectivity index (χ3v) is 8.66. The Kier molecular flexibility index (Phi) is 31.5. The van der Waals surface area contributed by atoms with Gasteiger partial charge in [0.15, 0.2) is 0 Å². The third-order valence-electron chi connectivity index (χ3n) is 8.66. The molecule has 7 nitrogen and oxygen atoms in total. The van der Waals surface area contributed by atoms with E-state index < -0.39 is 18.1 Å². The van der Waals surface area contributed by atoms with Gasteiger partial charge in [0, 0.05) is 13.0 Å². The summed E-state index contributed by atoms with van der Waals surface area (Å²) < 4.78 is 5.80. The normalized spacial score (nSPS) is 12.6. The molecule has 0 aliphatic rings. The van der Waals surface area contributed by atoms with Crippen molar-refractivity contribution >= 4 is 17.8 Å². The van der Waals surface area contributed by atoms with Crippen LogP contribution in [0.1, 0.15) is 200 Å². The zero-order chi connectivity index (χ0) is 32.5. The molecule has 0 radical (unpaired) electrons. The van der Waals surface area contributed by atoms with Crippen LogP contribution in [0, 0.1) is 0 Å². The maximum Gasteiger partial charge on any atom is 0.320 e. The Morgan fingerprint density at radius 1 is 0.591 bits per heavy atom. The first-order valence-electron chi connectivity index (χ1n) is 18.8. The van der Waals surface area contributed by atoms with Crippen LogP contribution in [0.2, 0.25) is 0 Å². The zero-order valence-corrected chi connectivity index (χ0v) is 29.0. The zero-order valence-electron chi connectivity index (χ0n) is 29.0. The first-order valence-corrected chi connectivity index (χ1v) is 18.8. The Hall–Kier alpha value is -1.63. The van der Waals surface area contributed by atoms with Crippen molar-refractivity contribution in [2.24, 2.45) is 5.73 Å². The average molecular weight is 625 g/mol. The van der Waals surface area contributed by atoms with Crippen LogP contribution >= 0.6 is 0 Å².